The fourth-order valence-corrected chi connectivity index (χ4v) is 3.03. The van der Waals surface area contributed by atoms with Crippen molar-refractivity contribution in [3.63, 3.8) is 0 Å². The second-order valence-electron chi connectivity index (χ2n) is 6.35. The van der Waals surface area contributed by atoms with Crippen LogP contribution in [-0.4, -0.2) is 11.7 Å². The monoisotopic (exact) mass is 359 g/mol. The summed E-state index contributed by atoms with van der Waals surface area (Å²) in [6.45, 7) is 0. The van der Waals surface area contributed by atoms with Gasteiger partial charge in [-0.1, -0.05) is 24.3 Å². The molecule has 134 valence electrons. The van der Waals surface area contributed by atoms with Crippen LogP contribution in [0.3, 0.4) is 0 Å². The number of fused-ring (bicyclic) bond motifs is 1. The lowest BCUT2D eigenvalue weighted by Gasteiger charge is -2.11. The van der Waals surface area contributed by atoms with Gasteiger partial charge in [-0.05, 0) is 58.8 Å². The summed E-state index contributed by atoms with van der Waals surface area (Å²) in [4.78, 5) is 17.7. The van der Waals surface area contributed by atoms with Gasteiger partial charge in [0.15, 0.2) is 0 Å². The largest absolute Gasteiger partial charge is 0.416 e. The predicted molar refractivity (Wildman–Crippen MR) is 105 cm³/mol. The number of rotatable bonds is 4. The van der Waals surface area contributed by atoms with Crippen LogP contribution in [0.2, 0.25) is 0 Å². The molecule has 6 nitrogen and oxygen atoms in total. The quantitative estimate of drug-likeness (QED) is 0.420. The fraction of sp³-hybridized carbons (Fsp3) is 0.0476. The standard InChI is InChI=1S/C21H18N4O2/c22-20(23)16-6-4-14-11-17(7-5-13(14)10-16)21(26)24-18-3-1-2-15(12-18)19-8-9-27-25-19/h1-12,19,25H,(H3,22,23)(H,24,26)/p+1. The predicted octanol–water partition coefficient (Wildman–Crippen LogP) is 1.65. The van der Waals surface area contributed by atoms with E-state index in [1.165, 1.54) is 0 Å². The molecule has 27 heavy (non-hydrogen) atoms. The van der Waals surface area contributed by atoms with Crippen molar-refractivity contribution < 1.29 is 15.0 Å². The van der Waals surface area contributed by atoms with Gasteiger partial charge < -0.3 is 10.2 Å². The van der Waals surface area contributed by atoms with E-state index in [-0.39, 0.29) is 17.8 Å². The number of benzene rings is 3. The Morgan fingerprint density at radius 3 is 2.48 bits per heavy atom. The zero-order valence-electron chi connectivity index (χ0n) is 14.5. The van der Waals surface area contributed by atoms with Crippen LogP contribution in [0, 0.1) is 0 Å². The zero-order chi connectivity index (χ0) is 18.8. The average Bonchev–Trinajstić information content (AvgIpc) is 3.22. The van der Waals surface area contributed by atoms with E-state index in [2.05, 4.69) is 10.8 Å². The van der Waals surface area contributed by atoms with E-state index < -0.39 is 0 Å². The fourth-order valence-electron chi connectivity index (χ4n) is 3.03. The summed E-state index contributed by atoms with van der Waals surface area (Å²) in [6.07, 6.45) is 3.51. The van der Waals surface area contributed by atoms with E-state index in [9.17, 15) is 4.79 Å². The van der Waals surface area contributed by atoms with Crippen molar-refractivity contribution in [3.05, 3.63) is 89.7 Å². The highest BCUT2D eigenvalue weighted by Gasteiger charge is 2.14. The number of carbonyl (C=O) groups is 1. The summed E-state index contributed by atoms with van der Waals surface area (Å²) >= 11 is 0. The molecule has 0 aromatic heterocycles. The zero-order valence-corrected chi connectivity index (χ0v) is 14.5. The Morgan fingerprint density at radius 1 is 1.04 bits per heavy atom. The van der Waals surface area contributed by atoms with E-state index in [4.69, 9.17) is 16.0 Å². The van der Waals surface area contributed by atoms with E-state index in [0.29, 0.717) is 5.56 Å². The summed E-state index contributed by atoms with van der Waals surface area (Å²) in [5, 5.41) is 10.5. The lowest BCUT2D eigenvalue weighted by Crippen LogP contribution is -2.46. The molecule has 0 aliphatic carbocycles. The number of hydrogen-bond acceptors (Lipinski definition) is 3. The van der Waals surface area contributed by atoms with Gasteiger partial charge in [0.05, 0.1) is 11.6 Å². The number of amides is 1. The molecule has 0 radical (unpaired) electrons. The molecule has 0 spiro atoms. The Kier molecular flexibility index (Phi) is 4.32. The minimum Gasteiger partial charge on any atom is -0.416 e. The first-order chi connectivity index (χ1) is 13.1. The summed E-state index contributed by atoms with van der Waals surface area (Å²) in [5.41, 5.74) is 11.6. The molecule has 0 saturated carbocycles. The molecule has 1 aliphatic heterocycles. The van der Waals surface area contributed by atoms with Crippen LogP contribution in [0.25, 0.3) is 10.8 Å². The van der Waals surface area contributed by atoms with Crippen molar-refractivity contribution in [2.75, 3.05) is 5.32 Å². The Hall–Kier alpha value is -3.64. The van der Waals surface area contributed by atoms with Crippen LogP contribution >= 0.6 is 0 Å². The van der Waals surface area contributed by atoms with E-state index >= 15 is 0 Å². The second-order valence-corrected chi connectivity index (χ2v) is 6.35. The Balaban J connectivity index is 1.56. The van der Waals surface area contributed by atoms with Gasteiger partial charge in [0.25, 0.3) is 11.7 Å². The molecule has 1 heterocycles. The average molecular weight is 359 g/mol. The van der Waals surface area contributed by atoms with Crippen molar-refractivity contribution in [1.82, 2.24) is 5.48 Å². The molecule has 6 heteroatoms. The summed E-state index contributed by atoms with van der Waals surface area (Å²) in [6, 6.07) is 18.8. The molecule has 1 aliphatic rings. The highest BCUT2D eigenvalue weighted by atomic mass is 16.6. The van der Waals surface area contributed by atoms with Crippen LogP contribution < -0.4 is 21.9 Å². The van der Waals surface area contributed by atoms with Crippen molar-refractivity contribution in [2.24, 2.45) is 5.73 Å². The highest BCUT2D eigenvalue weighted by molar-refractivity contribution is 6.07. The van der Waals surface area contributed by atoms with Gasteiger partial charge in [-0.25, -0.2) is 0 Å². The van der Waals surface area contributed by atoms with Crippen LogP contribution in [0.4, 0.5) is 5.69 Å². The summed E-state index contributed by atoms with van der Waals surface area (Å²) in [7, 11) is 0. The van der Waals surface area contributed by atoms with Crippen LogP contribution in [0.1, 0.15) is 27.5 Å². The van der Waals surface area contributed by atoms with Gasteiger partial charge in [-0.3, -0.25) is 15.9 Å². The van der Waals surface area contributed by atoms with E-state index in [0.717, 1.165) is 27.6 Å². The maximum absolute atomic E-state index is 12.7. The Morgan fingerprint density at radius 2 is 1.78 bits per heavy atom. The summed E-state index contributed by atoms with van der Waals surface area (Å²) < 4.78 is 0. The van der Waals surface area contributed by atoms with Crippen LogP contribution in [-0.2, 0) is 4.84 Å². The van der Waals surface area contributed by atoms with Crippen molar-refractivity contribution in [1.29, 1.82) is 0 Å². The minimum absolute atomic E-state index is 0.0245. The van der Waals surface area contributed by atoms with Gasteiger partial charge in [0.1, 0.15) is 6.26 Å². The van der Waals surface area contributed by atoms with Gasteiger partial charge in [0, 0.05) is 11.3 Å². The first kappa shape index (κ1) is 16.8. The minimum atomic E-state index is -0.172. The molecule has 1 atom stereocenters. The Bertz CT molecular complexity index is 1070. The van der Waals surface area contributed by atoms with E-state index in [1.807, 2.05) is 60.7 Å². The summed E-state index contributed by atoms with van der Waals surface area (Å²) in [5.74, 6) is 0.102. The van der Waals surface area contributed by atoms with E-state index in [1.54, 1.807) is 12.3 Å². The van der Waals surface area contributed by atoms with Gasteiger partial charge in [-0.15, -0.1) is 5.48 Å². The van der Waals surface area contributed by atoms with Crippen LogP contribution in [0.15, 0.2) is 73.0 Å². The molecule has 3 aromatic carbocycles. The van der Waals surface area contributed by atoms with Gasteiger partial charge >= 0.3 is 0 Å². The molecular formula is C21H19N4O2+. The molecule has 1 unspecified atom stereocenters. The first-order valence-electron chi connectivity index (χ1n) is 8.51. The lowest BCUT2D eigenvalue weighted by atomic mass is 10.0. The number of nitrogens with two attached hydrogens (primary N) is 2. The van der Waals surface area contributed by atoms with Gasteiger partial charge in [0.2, 0.25) is 0 Å². The third-order valence-electron chi connectivity index (χ3n) is 4.47. The topological polar surface area (TPSA) is 102 Å². The molecule has 1 amide bonds. The molecule has 6 N–H and O–H groups in total. The third kappa shape index (κ3) is 3.51. The molecule has 0 saturated heterocycles. The maximum atomic E-state index is 12.7. The van der Waals surface area contributed by atoms with Crippen molar-refractivity contribution in [3.8, 4) is 0 Å². The molecule has 3 aromatic rings. The van der Waals surface area contributed by atoms with Crippen molar-refractivity contribution >= 4 is 28.2 Å². The maximum Gasteiger partial charge on any atom is 0.270 e. The number of carbonyl (C=O) groups excluding carboxylic acids is 1. The molecule has 4 rings (SSSR count). The normalized spacial score (nSPS) is 15.5. The number of anilines is 1. The molecule has 0 fully saturated rings. The number of hydroxylamine groups is 1. The van der Waals surface area contributed by atoms with Gasteiger partial charge in [-0.2, -0.15) is 0 Å². The smallest absolute Gasteiger partial charge is 0.270 e. The third-order valence-corrected chi connectivity index (χ3v) is 4.47. The lowest BCUT2D eigenvalue weighted by molar-refractivity contribution is -0.114. The molecule has 0 bridgehead atoms. The number of amidine groups is 1. The van der Waals surface area contributed by atoms with Crippen molar-refractivity contribution in [2.45, 2.75) is 6.04 Å². The Labute approximate surface area is 156 Å². The second kappa shape index (κ2) is 6.93. The number of nitrogens with one attached hydrogen (secondary N) is 2. The van der Waals surface area contributed by atoms with Crippen LogP contribution in [0.5, 0.6) is 0 Å². The molecular weight excluding hydrogens is 340 g/mol. The SMILES string of the molecule is NC(=[NH2+])c1ccc2cc(C(=O)Nc3cccc(C4C=CON4)c3)ccc2c1. The first-order valence-corrected chi connectivity index (χ1v) is 8.51. The highest BCUT2D eigenvalue weighted by Crippen LogP contribution is 2.23. The number of hydrogen-bond donors (Lipinski definition) is 4.